The molecule has 0 atom stereocenters. The van der Waals surface area contributed by atoms with Gasteiger partial charge in [-0.15, -0.1) is 0 Å². The first-order chi connectivity index (χ1) is 13.2. The van der Waals surface area contributed by atoms with Gasteiger partial charge in [-0.3, -0.25) is 0 Å². The third kappa shape index (κ3) is 2.99. The van der Waals surface area contributed by atoms with Gasteiger partial charge in [0.15, 0.2) is 5.58 Å². The second-order valence-corrected chi connectivity index (χ2v) is 7.38. The number of benzene rings is 2. The second-order valence-electron chi connectivity index (χ2n) is 7.38. The van der Waals surface area contributed by atoms with Gasteiger partial charge >= 0.3 is 0 Å². The molecule has 0 unspecified atom stereocenters. The number of para-hydroxylation sites is 1. The molecule has 27 heavy (non-hydrogen) atoms. The quantitative estimate of drug-likeness (QED) is 0.431. The highest BCUT2D eigenvalue weighted by Crippen LogP contribution is 2.40. The largest absolute Gasteiger partial charge is 0.437 e. The summed E-state index contributed by atoms with van der Waals surface area (Å²) in [6.45, 7) is 4.28. The molecule has 134 valence electrons. The molecule has 1 aliphatic rings. The number of hydrogen-bond acceptors (Lipinski definition) is 2. The average molecular weight is 354 g/mol. The molecule has 5 rings (SSSR count). The summed E-state index contributed by atoms with van der Waals surface area (Å²) >= 11 is 0. The van der Waals surface area contributed by atoms with Gasteiger partial charge < -0.3 is 8.98 Å². The minimum atomic E-state index is 0.655. The smallest absolute Gasteiger partial charge is 0.220 e. The van der Waals surface area contributed by atoms with Crippen molar-refractivity contribution in [1.29, 1.82) is 0 Å². The first-order valence-electron chi connectivity index (χ1n) is 9.52. The molecule has 0 aliphatic heterocycles. The van der Waals surface area contributed by atoms with E-state index in [0.717, 1.165) is 17.0 Å². The fraction of sp³-hybridized carbons (Fsp3) is 0.208. The number of oxazole rings is 1. The highest BCUT2D eigenvalue weighted by atomic mass is 16.3. The Labute approximate surface area is 159 Å². The van der Waals surface area contributed by atoms with Crippen molar-refractivity contribution in [1.82, 2.24) is 9.55 Å². The lowest BCUT2D eigenvalue weighted by molar-refractivity contribution is 0.589. The molecular formula is C24H22N2O. The Morgan fingerprint density at radius 3 is 2.59 bits per heavy atom. The zero-order valence-electron chi connectivity index (χ0n) is 15.6. The molecule has 2 aromatic carbocycles. The van der Waals surface area contributed by atoms with E-state index in [4.69, 9.17) is 4.42 Å². The van der Waals surface area contributed by atoms with Gasteiger partial charge in [0.25, 0.3) is 0 Å². The van der Waals surface area contributed by atoms with E-state index in [2.05, 4.69) is 78.0 Å². The summed E-state index contributed by atoms with van der Waals surface area (Å²) in [6.07, 6.45) is 6.66. The van der Waals surface area contributed by atoms with Crippen LogP contribution in [0.3, 0.4) is 0 Å². The summed E-state index contributed by atoms with van der Waals surface area (Å²) in [4.78, 5) is 4.66. The summed E-state index contributed by atoms with van der Waals surface area (Å²) in [6, 6.07) is 19.0. The van der Waals surface area contributed by atoms with Crippen LogP contribution in [-0.2, 0) is 0 Å². The van der Waals surface area contributed by atoms with Crippen molar-refractivity contribution in [2.75, 3.05) is 0 Å². The van der Waals surface area contributed by atoms with Gasteiger partial charge in [-0.25, -0.2) is 4.98 Å². The molecule has 3 nitrogen and oxygen atoms in total. The van der Waals surface area contributed by atoms with Crippen LogP contribution in [0, 0.1) is 13.8 Å². The van der Waals surface area contributed by atoms with E-state index in [1.54, 1.807) is 0 Å². The lowest BCUT2D eigenvalue weighted by Gasteiger charge is -2.09. The Bertz CT molecular complexity index is 1140. The Balaban J connectivity index is 1.46. The molecule has 2 heterocycles. The fourth-order valence-electron chi connectivity index (χ4n) is 3.80. The molecule has 0 saturated heterocycles. The zero-order valence-corrected chi connectivity index (χ0v) is 15.6. The molecular weight excluding hydrogens is 332 g/mol. The molecule has 4 aromatic rings. The SMILES string of the molecule is Cc1cc(C=Cc2nc3cc(C4CC4)ccc3o2)c(C)n1-c1ccccc1. The van der Waals surface area contributed by atoms with Crippen molar-refractivity contribution in [2.45, 2.75) is 32.6 Å². The maximum Gasteiger partial charge on any atom is 0.220 e. The zero-order chi connectivity index (χ0) is 18.4. The van der Waals surface area contributed by atoms with Gasteiger partial charge in [0.05, 0.1) is 0 Å². The topological polar surface area (TPSA) is 31.0 Å². The number of hydrogen-bond donors (Lipinski definition) is 0. The number of nitrogens with zero attached hydrogens (tertiary/aromatic N) is 2. The van der Waals surface area contributed by atoms with E-state index < -0.39 is 0 Å². The average Bonchev–Trinajstić information content (AvgIpc) is 3.38. The standard InChI is InChI=1S/C24H22N2O/c1-16-14-19(17(2)26(16)21-6-4-3-5-7-21)11-13-24-25-22-15-20(18-8-9-18)10-12-23(22)27-24/h3-7,10-15,18H,8-9H2,1-2H3. The summed E-state index contributed by atoms with van der Waals surface area (Å²) in [5.41, 5.74) is 7.98. The van der Waals surface area contributed by atoms with Crippen LogP contribution in [0.15, 0.2) is 59.0 Å². The highest BCUT2D eigenvalue weighted by Gasteiger charge is 2.24. The van der Waals surface area contributed by atoms with Crippen LogP contribution >= 0.6 is 0 Å². The Morgan fingerprint density at radius 1 is 1.00 bits per heavy atom. The van der Waals surface area contributed by atoms with Crippen LogP contribution in [-0.4, -0.2) is 9.55 Å². The molecule has 0 radical (unpaired) electrons. The van der Waals surface area contributed by atoms with E-state index in [0.29, 0.717) is 5.89 Å². The van der Waals surface area contributed by atoms with E-state index in [1.165, 1.54) is 41.0 Å². The molecule has 0 amide bonds. The third-order valence-electron chi connectivity index (χ3n) is 5.37. The van der Waals surface area contributed by atoms with Crippen molar-refractivity contribution in [3.63, 3.8) is 0 Å². The summed E-state index contributed by atoms with van der Waals surface area (Å²) in [5, 5.41) is 0. The second kappa shape index (κ2) is 6.27. The molecule has 0 bridgehead atoms. The van der Waals surface area contributed by atoms with Crippen LogP contribution in [0.5, 0.6) is 0 Å². The lowest BCUT2D eigenvalue weighted by atomic mass is 10.1. The van der Waals surface area contributed by atoms with Crippen molar-refractivity contribution in [3.05, 3.63) is 83.0 Å². The predicted octanol–water partition coefficient (Wildman–Crippen LogP) is 6.28. The maximum absolute atomic E-state index is 5.90. The minimum Gasteiger partial charge on any atom is -0.437 e. The van der Waals surface area contributed by atoms with Gasteiger partial charge in [-0.05, 0) is 80.1 Å². The predicted molar refractivity (Wildman–Crippen MR) is 110 cm³/mol. The van der Waals surface area contributed by atoms with Crippen LogP contribution in [0.1, 0.15) is 47.2 Å². The van der Waals surface area contributed by atoms with Crippen molar-refractivity contribution < 1.29 is 4.42 Å². The molecule has 0 N–H and O–H groups in total. The van der Waals surface area contributed by atoms with Gasteiger partial charge in [0.1, 0.15) is 5.52 Å². The minimum absolute atomic E-state index is 0.655. The van der Waals surface area contributed by atoms with Gasteiger partial charge in [0, 0.05) is 23.2 Å². The number of fused-ring (bicyclic) bond motifs is 1. The molecule has 1 fully saturated rings. The van der Waals surface area contributed by atoms with Gasteiger partial charge in [-0.1, -0.05) is 24.3 Å². The molecule has 0 spiro atoms. The Kier molecular flexibility index (Phi) is 3.75. The summed E-state index contributed by atoms with van der Waals surface area (Å²) in [5.74, 6) is 1.39. The monoisotopic (exact) mass is 354 g/mol. The van der Waals surface area contributed by atoms with Crippen LogP contribution in [0.25, 0.3) is 28.9 Å². The van der Waals surface area contributed by atoms with Crippen molar-refractivity contribution in [3.8, 4) is 5.69 Å². The van der Waals surface area contributed by atoms with Crippen molar-refractivity contribution >= 4 is 23.3 Å². The highest BCUT2D eigenvalue weighted by molar-refractivity contribution is 5.77. The van der Waals surface area contributed by atoms with Gasteiger partial charge in [-0.2, -0.15) is 0 Å². The number of rotatable bonds is 4. The molecule has 1 aliphatic carbocycles. The summed E-state index contributed by atoms with van der Waals surface area (Å²) < 4.78 is 8.17. The molecule has 3 heteroatoms. The first-order valence-corrected chi connectivity index (χ1v) is 9.52. The normalized spacial score (nSPS) is 14.4. The van der Waals surface area contributed by atoms with Crippen LogP contribution in [0.4, 0.5) is 0 Å². The van der Waals surface area contributed by atoms with E-state index in [9.17, 15) is 0 Å². The van der Waals surface area contributed by atoms with E-state index in [-0.39, 0.29) is 0 Å². The number of aromatic nitrogens is 2. The van der Waals surface area contributed by atoms with E-state index in [1.807, 2.05) is 12.1 Å². The number of aryl methyl sites for hydroxylation is 1. The van der Waals surface area contributed by atoms with Gasteiger partial charge in [0.2, 0.25) is 5.89 Å². The Morgan fingerprint density at radius 2 is 1.81 bits per heavy atom. The maximum atomic E-state index is 5.90. The Hall–Kier alpha value is -3.07. The molecule has 2 aromatic heterocycles. The van der Waals surface area contributed by atoms with E-state index >= 15 is 0 Å². The third-order valence-corrected chi connectivity index (χ3v) is 5.37. The molecule has 1 saturated carbocycles. The van der Waals surface area contributed by atoms with Crippen LogP contribution < -0.4 is 0 Å². The first kappa shape index (κ1) is 16.1. The fourth-order valence-corrected chi connectivity index (χ4v) is 3.80. The summed E-state index contributed by atoms with van der Waals surface area (Å²) in [7, 11) is 0. The lowest BCUT2D eigenvalue weighted by Crippen LogP contribution is -1.98. The van der Waals surface area contributed by atoms with Crippen molar-refractivity contribution in [2.24, 2.45) is 0 Å². The van der Waals surface area contributed by atoms with Crippen LogP contribution in [0.2, 0.25) is 0 Å².